The molecule has 0 saturated carbocycles. The van der Waals surface area contributed by atoms with Gasteiger partial charge in [0.25, 0.3) is 0 Å². The van der Waals surface area contributed by atoms with E-state index in [0.717, 1.165) is 22.6 Å². The van der Waals surface area contributed by atoms with Crippen LogP contribution in [0, 0.1) is 25.7 Å². The monoisotopic (exact) mass is 515 g/mol. The normalized spacial score (nSPS) is 11.1. The predicted octanol–water partition coefficient (Wildman–Crippen LogP) is 1.94. The van der Waals surface area contributed by atoms with Crippen LogP contribution < -0.4 is 10.5 Å². The summed E-state index contributed by atoms with van der Waals surface area (Å²) in [5, 5.41) is 11.3. The Hall–Kier alpha value is -3.88. The van der Waals surface area contributed by atoms with Crippen LogP contribution in [-0.4, -0.2) is 62.5 Å². The molecule has 190 valence electrons. The Balaban J connectivity index is 2.10. The number of carbonyl (C=O) groups excluding carboxylic acids is 2. The fourth-order valence-corrected chi connectivity index (χ4v) is 3.78. The number of aromatic nitrogens is 4. The number of hydrogen-bond acceptors (Lipinski definition) is 10. The average Bonchev–Trinajstić information content (AvgIpc) is 3.15. The van der Waals surface area contributed by atoms with E-state index >= 15 is 0 Å². The Bertz CT molecular complexity index is 1370. The van der Waals surface area contributed by atoms with E-state index in [2.05, 4.69) is 26.8 Å². The highest BCUT2D eigenvalue weighted by molar-refractivity contribution is 6.34. The van der Waals surface area contributed by atoms with Crippen molar-refractivity contribution in [2.45, 2.75) is 39.8 Å². The Kier molecular flexibility index (Phi) is 8.02. The van der Waals surface area contributed by atoms with Gasteiger partial charge < -0.3 is 29.6 Å². The van der Waals surface area contributed by atoms with Crippen LogP contribution in [0.5, 0.6) is 5.75 Å². The summed E-state index contributed by atoms with van der Waals surface area (Å²) in [6.07, 6.45) is 3.39. The summed E-state index contributed by atoms with van der Waals surface area (Å²) in [4.78, 5) is 35.4. The van der Waals surface area contributed by atoms with E-state index in [9.17, 15) is 14.7 Å². The molecular formula is C24H26ClN5O6. The zero-order valence-corrected chi connectivity index (χ0v) is 21.3. The topological polar surface area (TPSA) is 152 Å². The number of halogens is 1. The van der Waals surface area contributed by atoms with E-state index in [0.29, 0.717) is 23.1 Å². The summed E-state index contributed by atoms with van der Waals surface area (Å²) in [5.41, 5.74) is 7.14. The Labute approximate surface area is 212 Å². The summed E-state index contributed by atoms with van der Waals surface area (Å²) in [5.74, 6) is 4.91. The molecule has 3 heterocycles. The molecule has 0 saturated heterocycles. The highest BCUT2D eigenvalue weighted by atomic mass is 35.5. The van der Waals surface area contributed by atoms with Crippen LogP contribution in [0.25, 0.3) is 11.0 Å². The first-order valence-electron chi connectivity index (χ1n) is 10.8. The maximum Gasteiger partial charge on any atom is 0.302 e. The Morgan fingerprint density at radius 3 is 2.42 bits per heavy atom. The maximum atomic E-state index is 11.3. The van der Waals surface area contributed by atoms with Gasteiger partial charge in [0.2, 0.25) is 5.95 Å². The number of methoxy groups -OCH3 is 1. The second-order valence-corrected chi connectivity index (χ2v) is 8.49. The van der Waals surface area contributed by atoms with Gasteiger partial charge in [-0.2, -0.15) is 4.98 Å². The van der Waals surface area contributed by atoms with Crippen molar-refractivity contribution in [1.29, 1.82) is 0 Å². The maximum absolute atomic E-state index is 11.3. The van der Waals surface area contributed by atoms with Crippen molar-refractivity contribution < 1.29 is 28.9 Å². The molecule has 0 aliphatic heterocycles. The van der Waals surface area contributed by atoms with Gasteiger partial charge in [0.05, 0.1) is 30.3 Å². The van der Waals surface area contributed by atoms with Gasteiger partial charge in [0.15, 0.2) is 5.60 Å². The van der Waals surface area contributed by atoms with Gasteiger partial charge in [0.1, 0.15) is 29.8 Å². The first-order chi connectivity index (χ1) is 16.9. The number of hydrogen-bond donors (Lipinski definition) is 2. The van der Waals surface area contributed by atoms with E-state index in [4.69, 9.17) is 31.5 Å². The van der Waals surface area contributed by atoms with E-state index in [1.54, 1.807) is 24.1 Å². The summed E-state index contributed by atoms with van der Waals surface area (Å²) in [6.45, 7) is 5.45. The van der Waals surface area contributed by atoms with Crippen molar-refractivity contribution >= 4 is 40.5 Å². The summed E-state index contributed by atoms with van der Waals surface area (Å²) in [6, 6.07) is 0. The minimum absolute atomic E-state index is 0.0289. The SMILES string of the molecule is COc1c(C)cnc(Cn2cc(C#CC(O)(COC(C)=O)COC(C)=O)c3c(Cl)nc(N)nc32)c1C. The average molecular weight is 516 g/mol. The molecule has 0 fully saturated rings. The van der Waals surface area contributed by atoms with E-state index in [1.165, 1.54) is 13.8 Å². The molecule has 0 aliphatic rings. The first-order valence-corrected chi connectivity index (χ1v) is 11.1. The molecule has 12 heteroatoms. The minimum Gasteiger partial charge on any atom is -0.496 e. The van der Waals surface area contributed by atoms with Gasteiger partial charge in [0, 0.05) is 37.4 Å². The van der Waals surface area contributed by atoms with Gasteiger partial charge in [-0.1, -0.05) is 23.4 Å². The highest BCUT2D eigenvalue weighted by Crippen LogP contribution is 2.29. The molecule has 0 bridgehead atoms. The lowest BCUT2D eigenvalue weighted by molar-refractivity contribution is -0.154. The molecule has 3 aromatic heterocycles. The van der Waals surface area contributed by atoms with Crippen molar-refractivity contribution in [1.82, 2.24) is 19.5 Å². The van der Waals surface area contributed by atoms with Crippen LogP contribution in [0.2, 0.25) is 5.15 Å². The van der Waals surface area contributed by atoms with Crippen LogP contribution in [0.4, 0.5) is 5.95 Å². The number of rotatable bonds is 7. The third-order valence-corrected chi connectivity index (χ3v) is 5.49. The molecule has 0 radical (unpaired) electrons. The molecule has 3 N–H and O–H groups in total. The van der Waals surface area contributed by atoms with Crippen molar-refractivity contribution in [3.05, 3.63) is 39.9 Å². The van der Waals surface area contributed by atoms with Crippen molar-refractivity contribution in [3.8, 4) is 17.6 Å². The lowest BCUT2D eigenvalue weighted by Crippen LogP contribution is -2.39. The number of carbonyl (C=O) groups is 2. The zero-order valence-electron chi connectivity index (χ0n) is 20.5. The van der Waals surface area contributed by atoms with Crippen LogP contribution in [0.15, 0.2) is 12.4 Å². The second kappa shape index (κ2) is 10.8. The van der Waals surface area contributed by atoms with E-state index < -0.39 is 30.8 Å². The molecule has 11 nitrogen and oxygen atoms in total. The van der Waals surface area contributed by atoms with Crippen LogP contribution >= 0.6 is 11.6 Å². The fourth-order valence-electron chi connectivity index (χ4n) is 3.51. The molecule has 0 aliphatic carbocycles. The van der Waals surface area contributed by atoms with Crippen molar-refractivity contribution in [2.75, 3.05) is 26.1 Å². The van der Waals surface area contributed by atoms with E-state index in [1.807, 2.05) is 13.8 Å². The quantitative estimate of drug-likeness (QED) is 0.271. The van der Waals surface area contributed by atoms with Crippen LogP contribution in [0.3, 0.4) is 0 Å². The Morgan fingerprint density at radius 2 is 1.83 bits per heavy atom. The number of anilines is 1. The minimum atomic E-state index is -1.96. The van der Waals surface area contributed by atoms with E-state index in [-0.39, 0.29) is 11.1 Å². The number of aryl methyl sites for hydroxylation is 1. The third-order valence-electron chi connectivity index (χ3n) is 5.22. The molecule has 0 spiro atoms. The summed E-state index contributed by atoms with van der Waals surface area (Å²) in [7, 11) is 1.60. The van der Waals surface area contributed by atoms with Gasteiger partial charge >= 0.3 is 11.9 Å². The van der Waals surface area contributed by atoms with Gasteiger partial charge in [-0.05, 0) is 13.8 Å². The number of esters is 2. The molecule has 3 aromatic rings. The molecular weight excluding hydrogens is 490 g/mol. The zero-order chi connectivity index (χ0) is 26.6. The first kappa shape index (κ1) is 26.7. The number of fused-ring (bicyclic) bond motifs is 1. The summed E-state index contributed by atoms with van der Waals surface area (Å²) < 4.78 is 17.1. The molecule has 0 atom stereocenters. The van der Waals surface area contributed by atoms with Crippen molar-refractivity contribution in [3.63, 3.8) is 0 Å². The number of nitrogens with two attached hydrogens (primary N) is 1. The van der Waals surface area contributed by atoms with Gasteiger partial charge in [-0.25, -0.2) is 4.98 Å². The third kappa shape index (κ3) is 6.02. The standard InChI is InChI=1S/C24H26ClN5O6/c1-13-8-27-18(14(2)20(13)34-5)10-30-9-17(19-21(25)28-23(26)29-22(19)30)6-7-24(33,11-35-15(3)31)12-36-16(4)32/h8-9,33H,10-12H2,1-5H3,(H2,26,28,29). The lowest BCUT2D eigenvalue weighted by Gasteiger charge is -2.20. The number of aliphatic hydroxyl groups is 1. The van der Waals surface area contributed by atoms with Crippen LogP contribution in [-0.2, 0) is 25.6 Å². The lowest BCUT2D eigenvalue weighted by atomic mass is 10.1. The van der Waals surface area contributed by atoms with Gasteiger partial charge in [-0.15, -0.1) is 0 Å². The number of nitrogen functional groups attached to an aromatic ring is 1. The number of ether oxygens (including phenoxy) is 3. The second-order valence-electron chi connectivity index (χ2n) is 8.13. The predicted molar refractivity (Wildman–Crippen MR) is 131 cm³/mol. The van der Waals surface area contributed by atoms with Crippen LogP contribution in [0.1, 0.15) is 36.2 Å². The smallest absolute Gasteiger partial charge is 0.302 e. The number of pyridine rings is 1. The van der Waals surface area contributed by atoms with Crippen molar-refractivity contribution in [2.24, 2.45) is 0 Å². The molecule has 0 unspecified atom stereocenters. The molecule has 0 amide bonds. The summed E-state index contributed by atoms with van der Waals surface area (Å²) >= 11 is 6.39. The number of nitrogens with zero attached hydrogens (tertiary/aromatic N) is 4. The highest BCUT2D eigenvalue weighted by Gasteiger charge is 2.28. The molecule has 0 aromatic carbocycles. The fraction of sp³-hybridized carbons (Fsp3) is 0.375. The molecule has 3 rings (SSSR count). The Morgan fingerprint density at radius 1 is 1.19 bits per heavy atom. The largest absolute Gasteiger partial charge is 0.496 e. The van der Waals surface area contributed by atoms with Gasteiger partial charge in [-0.3, -0.25) is 14.6 Å². The molecule has 36 heavy (non-hydrogen) atoms.